The van der Waals surface area contributed by atoms with Crippen molar-refractivity contribution < 1.29 is 9.53 Å². The van der Waals surface area contributed by atoms with Crippen molar-refractivity contribution in [3.05, 3.63) is 34.9 Å². The fourth-order valence-corrected chi connectivity index (χ4v) is 1.87. The zero-order valence-electron chi connectivity index (χ0n) is 9.75. The van der Waals surface area contributed by atoms with E-state index in [9.17, 15) is 4.79 Å². The summed E-state index contributed by atoms with van der Waals surface area (Å²) in [6, 6.07) is 5.87. The molecule has 1 aromatic rings. The van der Waals surface area contributed by atoms with Gasteiger partial charge in [-0.15, -0.1) is 0 Å². The van der Waals surface area contributed by atoms with Crippen LogP contribution in [0.25, 0.3) is 0 Å². The maximum absolute atomic E-state index is 11.7. The Balaban J connectivity index is 2.92. The lowest BCUT2D eigenvalue weighted by Crippen LogP contribution is -2.08. The van der Waals surface area contributed by atoms with Crippen molar-refractivity contribution in [1.82, 2.24) is 0 Å². The van der Waals surface area contributed by atoms with Gasteiger partial charge in [0.1, 0.15) is 0 Å². The van der Waals surface area contributed by atoms with Gasteiger partial charge in [-0.3, -0.25) is 0 Å². The second kappa shape index (κ2) is 6.69. The van der Waals surface area contributed by atoms with E-state index in [4.69, 9.17) is 4.74 Å². The van der Waals surface area contributed by atoms with Crippen LogP contribution < -0.4 is 0 Å². The predicted octanol–water partition coefficient (Wildman–Crippen LogP) is 3.50. The van der Waals surface area contributed by atoms with Gasteiger partial charge >= 0.3 is 5.97 Å². The highest BCUT2D eigenvalue weighted by molar-refractivity contribution is 9.09. The van der Waals surface area contributed by atoms with Crippen molar-refractivity contribution in [2.45, 2.75) is 26.7 Å². The van der Waals surface area contributed by atoms with Gasteiger partial charge in [-0.05, 0) is 38.3 Å². The van der Waals surface area contributed by atoms with E-state index in [1.54, 1.807) is 0 Å². The number of rotatable bonds is 5. The van der Waals surface area contributed by atoms with Crippen LogP contribution in [-0.4, -0.2) is 17.9 Å². The van der Waals surface area contributed by atoms with Crippen molar-refractivity contribution in [3.63, 3.8) is 0 Å². The lowest BCUT2D eigenvalue weighted by molar-refractivity contribution is 0.0525. The van der Waals surface area contributed by atoms with Gasteiger partial charge < -0.3 is 4.74 Å². The molecule has 0 aliphatic rings. The quantitative estimate of drug-likeness (QED) is 0.611. The molecule has 0 heterocycles. The molecule has 0 aromatic heterocycles. The molecule has 88 valence electrons. The molecule has 0 radical (unpaired) electrons. The summed E-state index contributed by atoms with van der Waals surface area (Å²) in [4.78, 5) is 11.7. The first-order valence-corrected chi connectivity index (χ1v) is 6.63. The van der Waals surface area contributed by atoms with E-state index in [0.717, 1.165) is 23.7 Å². The highest BCUT2D eigenvalue weighted by atomic mass is 79.9. The number of aryl methyl sites for hydroxylation is 2. The highest BCUT2D eigenvalue weighted by Crippen LogP contribution is 2.15. The molecular formula is C13H17BrO2. The predicted molar refractivity (Wildman–Crippen MR) is 69.3 cm³/mol. The van der Waals surface area contributed by atoms with Crippen molar-refractivity contribution in [1.29, 1.82) is 0 Å². The van der Waals surface area contributed by atoms with E-state index in [1.165, 1.54) is 5.56 Å². The Bertz CT molecular complexity index is 361. The average Bonchev–Trinajstić information content (AvgIpc) is 2.26. The third kappa shape index (κ3) is 3.63. The Labute approximate surface area is 105 Å². The Morgan fingerprint density at radius 3 is 2.81 bits per heavy atom. The molecule has 0 aliphatic carbocycles. The number of carbonyl (C=O) groups excluding carboxylic acids is 1. The molecule has 1 aromatic carbocycles. The number of hydrogen-bond acceptors (Lipinski definition) is 2. The number of benzene rings is 1. The Morgan fingerprint density at radius 2 is 2.19 bits per heavy atom. The highest BCUT2D eigenvalue weighted by Gasteiger charge is 2.11. The standard InChI is InChI=1S/C13H17BrO2/c1-3-16-13(15)12-7-6-10(2)9-11(12)5-4-8-14/h6-7,9H,3-5,8H2,1-2H3. The maximum Gasteiger partial charge on any atom is 0.338 e. The van der Waals surface area contributed by atoms with Gasteiger partial charge in [0.25, 0.3) is 0 Å². The van der Waals surface area contributed by atoms with E-state index >= 15 is 0 Å². The average molecular weight is 285 g/mol. The Morgan fingerprint density at radius 1 is 1.44 bits per heavy atom. The number of alkyl halides is 1. The molecule has 2 nitrogen and oxygen atoms in total. The number of ether oxygens (including phenoxy) is 1. The van der Waals surface area contributed by atoms with Crippen molar-refractivity contribution >= 4 is 21.9 Å². The summed E-state index contributed by atoms with van der Waals surface area (Å²) in [5.74, 6) is -0.216. The summed E-state index contributed by atoms with van der Waals surface area (Å²) >= 11 is 3.40. The zero-order chi connectivity index (χ0) is 12.0. The zero-order valence-corrected chi connectivity index (χ0v) is 11.3. The van der Waals surface area contributed by atoms with Crippen LogP contribution in [0.3, 0.4) is 0 Å². The number of esters is 1. The van der Waals surface area contributed by atoms with Crippen LogP contribution in [0.5, 0.6) is 0 Å². The van der Waals surface area contributed by atoms with Crippen LogP contribution in [0.1, 0.15) is 34.8 Å². The molecule has 0 fully saturated rings. The fraction of sp³-hybridized carbons (Fsp3) is 0.462. The molecule has 0 atom stereocenters. The Hall–Kier alpha value is -0.830. The summed E-state index contributed by atoms with van der Waals surface area (Å²) in [6.45, 7) is 4.28. The third-order valence-electron chi connectivity index (χ3n) is 2.34. The molecule has 3 heteroatoms. The van der Waals surface area contributed by atoms with Gasteiger partial charge in [0, 0.05) is 5.33 Å². The summed E-state index contributed by atoms with van der Waals surface area (Å²) in [7, 11) is 0. The molecule has 16 heavy (non-hydrogen) atoms. The third-order valence-corrected chi connectivity index (χ3v) is 2.90. The van der Waals surface area contributed by atoms with Crippen LogP contribution in [0.2, 0.25) is 0 Å². The van der Waals surface area contributed by atoms with Gasteiger partial charge in [0.15, 0.2) is 0 Å². The minimum absolute atomic E-state index is 0.216. The van der Waals surface area contributed by atoms with Gasteiger partial charge in [-0.2, -0.15) is 0 Å². The van der Waals surface area contributed by atoms with Crippen LogP contribution in [0, 0.1) is 6.92 Å². The minimum Gasteiger partial charge on any atom is -0.462 e. The molecule has 0 bridgehead atoms. The lowest BCUT2D eigenvalue weighted by Gasteiger charge is -2.09. The first-order valence-electron chi connectivity index (χ1n) is 5.51. The van der Waals surface area contributed by atoms with Crippen LogP contribution >= 0.6 is 15.9 Å². The first kappa shape index (κ1) is 13.2. The summed E-state index contributed by atoms with van der Waals surface area (Å²) in [6.07, 6.45) is 1.93. The van der Waals surface area contributed by atoms with Crippen LogP contribution in [0.4, 0.5) is 0 Å². The molecule has 0 aliphatic heterocycles. The number of carbonyl (C=O) groups is 1. The normalized spacial score (nSPS) is 10.2. The van der Waals surface area contributed by atoms with Gasteiger partial charge in [0.2, 0.25) is 0 Å². The van der Waals surface area contributed by atoms with Gasteiger partial charge in [-0.25, -0.2) is 4.79 Å². The summed E-state index contributed by atoms with van der Waals surface area (Å²) in [5, 5.41) is 0.948. The number of hydrogen-bond donors (Lipinski definition) is 0. The van der Waals surface area contributed by atoms with E-state index in [1.807, 2.05) is 26.0 Å². The van der Waals surface area contributed by atoms with E-state index < -0.39 is 0 Å². The summed E-state index contributed by atoms with van der Waals surface area (Å²) < 4.78 is 5.04. The maximum atomic E-state index is 11.7. The molecule has 0 saturated carbocycles. The van der Waals surface area contributed by atoms with E-state index in [0.29, 0.717) is 12.2 Å². The first-order chi connectivity index (χ1) is 7.69. The molecule has 0 unspecified atom stereocenters. The van der Waals surface area contributed by atoms with Crippen LogP contribution in [0.15, 0.2) is 18.2 Å². The molecule has 1 rings (SSSR count). The van der Waals surface area contributed by atoms with Gasteiger partial charge in [-0.1, -0.05) is 33.6 Å². The smallest absolute Gasteiger partial charge is 0.338 e. The van der Waals surface area contributed by atoms with E-state index in [-0.39, 0.29) is 5.97 Å². The second-order valence-electron chi connectivity index (χ2n) is 3.67. The SMILES string of the molecule is CCOC(=O)c1ccc(C)cc1CCCBr. The van der Waals surface area contributed by atoms with Crippen LogP contribution in [-0.2, 0) is 11.2 Å². The number of halogens is 1. The molecule has 0 saturated heterocycles. The summed E-state index contributed by atoms with van der Waals surface area (Å²) in [5.41, 5.74) is 2.96. The second-order valence-corrected chi connectivity index (χ2v) is 4.47. The monoisotopic (exact) mass is 284 g/mol. The van der Waals surface area contributed by atoms with Crippen molar-refractivity contribution in [3.8, 4) is 0 Å². The fourth-order valence-electron chi connectivity index (χ4n) is 1.59. The Kier molecular flexibility index (Phi) is 5.53. The molecule has 0 N–H and O–H groups in total. The topological polar surface area (TPSA) is 26.3 Å². The minimum atomic E-state index is -0.216. The van der Waals surface area contributed by atoms with E-state index in [2.05, 4.69) is 22.0 Å². The van der Waals surface area contributed by atoms with Crippen molar-refractivity contribution in [2.24, 2.45) is 0 Å². The lowest BCUT2D eigenvalue weighted by atomic mass is 10.0. The molecular weight excluding hydrogens is 268 g/mol. The molecule has 0 spiro atoms. The van der Waals surface area contributed by atoms with Gasteiger partial charge in [0.05, 0.1) is 12.2 Å². The van der Waals surface area contributed by atoms with Crippen molar-refractivity contribution in [2.75, 3.05) is 11.9 Å². The largest absolute Gasteiger partial charge is 0.462 e. The molecule has 0 amide bonds.